The summed E-state index contributed by atoms with van der Waals surface area (Å²) in [6, 6.07) is 18.7. The van der Waals surface area contributed by atoms with E-state index in [0.717, 1.165) is 31.1 Å². The summed E-state index contributed by atoms with van der Waals surface area (Å²) in [6.45, 7) is 3.87. The molecular formula is C28H27FN2O4. The van der Waals surface area contributed by atoms with Gasteiger partial charge in [-0.2, -0.15) is 0 Å². The molecule has 0 spiro atoms. The molecule has 3 aromatic carbocycles. The summed E-state index contributed by atoms with van der Waals surface area (Å²) in [5.74, 6) is 0.991. The highest BCUT2D eigenvalue weighted by Crippen LogP contribution is 2.36. The molecule has 7 heteroatoms. The molecule has 0 atom stereocenters. The molecule has 2 heterocycles. The van der Waals surface area contributed by atoms with Gasteiger partial charge in [0, 0.05) is 23.7 Å². The molecule has 180 valence electrons. The standard InChI is InChI=1S/C28H27FN2O4/c1-33-23-12-13-24-25(18-23)35-28(32)26(19-4-6-20(29)7-5-19)27(24)30-21-8-10-22(11-9-21)34-17-16-31-14-2-3-15-31/h4-13,18,30H,2-3,14-17H2,1H3. The van der Waals surface area contributed by atoms with Crippen LogP contribution in [0.25, 0.3) is 22.1 Å². The highest BCUT2D eigenvalue weighted by atomic mass is 19.1. The first-order chi connectivity index (χ1) is 17.1. The molecule has 1 N–H and O–H groups in total. The number of nitrogens with one attached hydrogen (secondary N) is 1. The average molecular weight is 475 g/mol. The summed E-state index contributed by atoms with van der Waals surface area (Å²) in [7, 11) is 1.56. The van der Waals surface area contributed by atoms with Crippen LogP contribution in [0.4, 0.5) is 15.8 Å². The Morgan fingerprint density at radius 2 is 1.69 bits per heavy atom. The van der Waals surface area contributed by atoms with Crippen LogP contribution in [0, 0.1) is 5.82 Å². The molecule has 1 fully saturated rings. The SMILES string of the molecule is COc1ccc2c(Nc3ccc(OCCN4CCCC4)cc3)c(-c3ccc(F)cc3)c(=O)oc2c1. The zero-order valence-electron chi connectivity index (χ0n) is 19.6. The molecule has 0 bridgehead atoms. The Hall–Kier alpha value is -3.84. The third-order valence-corrected chi connectivity index (χ3v) is 6.25. The van der Waals surface area contributed by atoms with E-state index >= 15 is 0 Å². The number of halogens is 1. The summed E-state index contributed by atoms with van der Waals surface area (Å²) in [5, 5.41) is 4.08. The number of benzene rings is 3. The van der Waals surface area contributed by atoms with Gasteiger partial charge in [0.05, 0.1) is 18.4 Å². The summed E-state index contributed by atoms with van der Waals surface area (Å²) in [6.07, 6.45) is 2.53. The smallest absolute Gasteiger partial charge is 0.346 e. The Morgan fingerprint density at radius 3 is 2.40 bits per heavy atom. The molecule has 0 saturated carbocycles. The molecule has 0 radical (unpaired) electrons. The molecule has 0 unspecified atom stereocenters. The van der Waals surface area contributed by atoms with Crippen molar-refractivity contribution in [2.75, 3.05) is 38.7 Å². The summed E-state index contributed by atoms with van der Waals surface area (Å²) in [4.78, 5) is 15.5. The molecular weight excluding hydrogens is 447 g/mol. The Kier molecular flexibility index (Phi) is 6.68. The van der Waals surface area contributed by atoms with Gasteiger partial charge in [-0.05, 0) is 80.0 Å². The van der Waals surface area contributed by atoms with Gasteiger partial charge in [-0.15, -0.1) is 0 Å². The van der Waals surface area contributed by atoms with Crippen LogP contribution in [0.5, 0.6) is 11.5 Å². The molecule has 1 aromatic heterocycles. The van der Waals surface area contributed by atoms with Crippen LogP contribution in [0.15, 0.2) is 75.9 Å². The number of likely N-dealkylation sites (tertiary alicyclic amines) is 1. The minimum Gasteiger partial charge on any atom is -0.497 e. The van der Waals surface area contributed by atoms with Gasteiger partial charge < -0.3 is 19.2 Å². The molecule has 4 aromatic rings. The molecule has 6 nitrogen and oxygen atoms in total. The van der Waals surface area contributed by atoms with Crippen molar-refractivity contribution in [3.8, 4) is 22.6 Å². The van der Waals surface area contributed by atoms with E-state index in [2.05, 4.69) is 10.2 Å². The number of hydrogen-bond acceptors (Lipinski definition) is 6. The Labute approximate surface area is 202 Å². The summed E-state index contributed by atoms with van der Waals surface area (Å²) >= 11 is 0. The molecule has 5 rings (SSSR count). The Bertz CT molecular complexity index is 1360. The average Bonchev–Trinajstić information content (AvgIpc) is 3.39. The maximum atomic E-state index is 13.6. The first-order valence-corrected chi connectivity index (χ1v) is 11.7. The van der Waals surface area contributed by atoms with Crippen molar-refractivity contribution in [3.63, 3.8) is 0 Å². The van der Waals surface area contributed by atoms with Crippen LogP contribution in [-0.2, 0) is 0 Å². The van der Waals surface area contributed by atoms with E-state index in [-0.39, 0.29) is 5.82 Å². The maximum Gasteiger partial charge on any atom is 0.346 e. The first kappa shape index (κ1) is 22.9. The predicted molar refractivity (Wildman–Crippen MR) is 135 cm³/mol. The molecule has 1 aliphatic rings. The molecule has 0 amide bonds. The highest BCUT2D eigenvalue weighted by Gasteiger charge is 2.18. The van der Waals surface area contributed by atoms with Crippen molar-refractivity contribution in [2.24, 2.45) is 0 Å². The monoisotopic (exact) mass is 474 g/mol. The fourth-order valence-electron chi connectivity index (χ4n) is 4.39. The van der Waals surface area contributed by atoms with E-state index in [9.17, 15) is 9.18 Å². The zero-order valence-corrected chi connectivity index (χ0v) is 19.6. The number of rotatable bonds is 8. The van der Waals surface area contributed by atoms with Gasteiger partial charge in [-0.1, -0.05) is 12.1 Å². The van der Waals surface area contributed by atoms with E-state index < -0.39 is 5.63 Å². The number of hydrogen-bond donors (Lipinski definition) is 1. The molecule has 1 saturated heterocycles. The summed E-state index contributed by atoms with van der Waals surface area (Å²) in [5.41, 5.74) is 2.11. The third-order valence-electron chi connectivity index (χ3n) is 6.25. The third kappa shape index (κ3) is 5.15. The molecule has 1 aliphatic heterocycles. The van der Waals surface area contributed by atoms with Crippen molar-refractivity contribution < 1.29 is 18.3 Å². The van der Waals surface area contributed by atoms with Crippen LogP contribution in [-0.4, -0.2) is 38.3 Å². The summed E-state index contributed by atoms with van der Waals surface area (Å²) < 4.78 is 30.4. The number of nitrogens with zero attached hydrogens (tertiary/aromatic N) is 1. The van der Waals surface area contributed by atoms with E-state index in [4.69, 9.17) is 13.9 Å². The van der Waals surface area contributed by atoms with Gasteiger partial charge >= 0.3 is 5.63 Å². The van der Waals surface area contributed by atoms with Crippen LogP contribution >= 0.6 is 0 Å². The van der Waals surface area contributed by atoms with Gasteiger partial charge in [0.15, 0.2) is 0 Å². The number of anilines is 2. The zero-order chi connectivity index (χ0) is 24.2. The van der Waals surface area contributed by atoms with Crippen molar-refractivity contribution in [3.05, 3.63) is 83.0 Å². The maximum absolute atomic E-state index is 13.6. The van der Waals surface area contributed by atoms with E-state index in [1.54, 1.807) is 31.4 Å². The van der Waals surface area contributed by atoms with Gasteiger partial charge in [0.1, 0.15) is 29.5 Å². The van der Waals surface area contributed by atoms with Gasteiger partial charge in [-0.3, -0.25) is 4.90 Å². The minimum absolute atomic E-state index is 0.327. The fraction of sp³-hybridized carbons (Fsp3) is 0.250. The minimum atomic E-state index is -0.526. The first-order valence-electron chi connectivity index (χ1n) is 11.7. The quantitative estimate of drug-likeness (QED) is 0.325. The Balaban J connectivity index is 1.45. The van der Waals surface area contributed by atoms with Crippen LogP contribution in [0.1, 0.15) is 12.8 Å². The lowest BCUT2D eigenvalue weighted by molar-refractivity contribution is 0.238. The van der Waals surface area contributed by atoms with Crippen LogP contribution in [0.3, 0.4) is 0 Å². The van der Waals surface area contributed by atoms with Gasteiger partial charge in [-0.25, -0.2) is 9.18 Å². The predicted octanol–water partition coefficient (Wildman–Crippen LogP) is 5.83. The van der Waals surface area contributed by atoms with Crippen molar-refractivity contribution in [1.29, 1.82) is 0 Å². The van der Waals surface area contributed by atoms with Gasteiger partial charge in [0.2, 0.25) is 0 Å². The van der Waals surface area contributed by atoms with E-state index in [1.165, 1.54) is 25.0 Å². The Morgan fingerprint density at radius 1 is 0.971 bits per heavy atom. The van der Waals surface area contributed by atoms with Crippen molar-refractivity contribution in [1.82, 2.24) is 4.90 Å². The number of fused-ring (bicyclic) bond motifs is 1. The molecule has 0 aliphatic carbocycles. The van der Waals surface area contributed by atoms with Crippen LogP contribution in [0.2, 0.25) is 0 Å². The second-order valence-corrected chi connectivity index (χ2v) is 8.56. The van der Waals surface area contributed by atoms with Crippen molar-refractivity contribution in [2.45, 2.75) is 12.8 Å². The molecule has 35 heavy (non-hydrogen) atoms. The van der Waals surface area contributed by atoms with E-state index in [1.807, 2.05) is 30.3 Å². The fourth-order valence-corrected chi connectivity index (χ4v) is 4.39. The normalized spacial score (nSPS) is 13.8. The number of methoxy groups -OCH3 is 1. The second-order valence-electron chi connectivity index (χ2n) is 8.56. The lowest BCUT2D eigenvalue weighted by Gasteiger charge is -2.16. The van der Waals surface area contributed by atoms with Crippen LogP contribution < -0.4 is 20.4 Å². The lowest BCUT2D eigenvalue weighted by atomic mass is 10.0. The van der Waals surface area contributed by atoms with Crippen molar-refractivity contribution >= 4 is 22.3 Å². The lowest BCUT2D eigenvalue weighted by Crippen LogP contribution is -2.25. The number of ether oxygens (including phenoxy) is 2. The topological polar surface area (TPSA) is 63.9 Å². The van der Waals surface area contributed by atoms with Gasteiger partial charge in [0.25, 0.3) is 0 Å². The van der Waals surface area contributed by atoms with E-state index in [0.29, 0.717) is 40.1 Å². The second kappa shape index (κ2) is 10.2. The highest BCUT2D eigenvalue weighted by molar-refractivity contribution is 6.00. The largest absolute Gasteiger partial charge is 0.497 e.